The highest BCUT2D eigenvalue weighted by atomic mass is 35.5. The third kappa shape index (κ3) is 7.33. The fourth-order valence-corrected chi connectivity index (χ4v) is 12.7. The number of halogens is 3. The number of hydrogen-bond acceptors (Lipinski definition) is 7. The van der Waals surface area contributed by atoms with E-state index in [2.05, 4.69) is 33.1 Å². The fraction of sp³-hybridized carbons (Fsp3) is 0.480. The molecule has 2 saturated carbocycles. The molecule has 3 saturated heterocycles. The molecule has 5 heterocycles. The van der Waals surface area contributed by atoms with E-state index in [1.165, 1.54) is 15.2 Å². The monoisotopic (exact) mass is 935 g/mol. The first-order chi connectivity index (χ1) is 31.8. The normalized spacial score (nSPS) is 27.4. The number of carbonyl (C=O) groups is 5. The van der Waals surface area contributed by atoms with Crippen LogP contribution in [0, 0.1) is 29.5 Å². The van der Waals surface area contributed by atoms with Crippen molar-refractivity contribution in [1.29, 1.82) is 0 Å². The van der Waals surface area contributed by atoms with Crippen LogP contribution in [0.1, 0.15) is 112 Å². The topological polar surface area (TPSA) is 164 Å². The summed E-state index contributed by atoms with van der Waals surface area (Å²) in [6, 6.07) is 13.7. The number of hydrogen-bond donors (Lipinski definition) is 4. The molecule has 13 nitrogen and oxygen atoms in total. The molecule has 4 atom stereocenters. The number of aromatic nitrogens is 2. The van der Waals surface area contributed by atoms with Gasteiger partial charge >= 0.3 is 5.69 Å². The number of carbonyl (C=O) groups excluding carboxylic acids is 5. The Bertz CT molecular complexity index is 2810. The zero-order valence-electron chi connectivity index (χ0n) is 36.7. The summed E-state index contributed by atoms with van der Waals surface area (Å²) in [5.41, 5.74) is 1.01. The van der Waals surface area contributed by atoms with Gasteiger partial charge < -0.3 is 15.5 Å². The van der Waals surface area contributed by atoms with Crippen molar-refractivity contribution in [2.24, 2.45) is 18.9 Å². The number of nitrogens with zero attached hydrogens (tertiary/aromatic N) is 3. The van der Waals surface area contributed by atoms with E-state index in [0.717, 1.165) is 37.7 Å². The first-order valence-corrected chi connectivity index (χ1v) is 24.0. The van der Waals surface area contributed by atoms with Crippen LogP contribution in [0.25, 0.3) is 11.0 Å². The predicted molar refractivity (Wildman–Crippen MR) is 247 cm³/mol. The number of piperidine rings is 2. The van der Waals surface area contributed by atoms with E-state index in [-0.39, 0.29) is 70.6 Å². The standard InChI is InChI=1S/C50H52Cl2FN7O6/c1-58-39-26-29(10-17-37(39)60(48(58)66)38-18-19-40(61)56-44(38)62)9-8-28-20-24-59(25-21-28)46(64)30-11-14-32(15-12-30)54-45(63)43-41(33-6-5-7-35(52)42(33)53)50(49(57-43)22-3-2-4-23-49)34-16-13-31(51)27-36(34)55-47(50)65/h5-7,10,13,16-17,26-28,30,32,38,41,43,57H,2-4,11-12,14-15,18-25H2,1H3,(H,54,63)(H,55,65)(H,56,61,62)/t30-,32-,38?,41-,43+,50+/m0/s1. The second-order valence-electron chi connectivity index (χ2n) is 19.1. The van der Waals surface area contributed by atoms with E-state index in [1.807, 2.05) is 23.1 Å². The molecule has 1 unspecified atom stereocenters. The van der Waals surface area contributed by atoms with Gasteiger partial charge in [-0.3, -0.25) is 43.7 Å². The summed E-state index contributed by atoms with van der Waals surface area (Å²) in [5.74, 6) is 3.75. The molecule has 5 fully saturated rings. The third-order valence-electron chi connectivity index (χ3n) is 15.6. The van der Waals surface area contributed by atoms with E-state index >= 15 is 4.39 Å². The van der Waals surface area contributed by atoms with Crippen LogP contribution >= 0.6 is 23.2 Å². The molecule has 3 aromatic carbocycles. The van der Waals surface area contributed by atoms with Crippen LogP contribution in [0.3, 0.4) is 0 Å². The van der Waals surface area contributed by atoms with Crippen LogP contribution < -0.4 is 27.0 Å². The maximum Gasteiger partial charge on any atom is 0.329 e. The summed E-state index contributed by atoms with van der Waals surface area (Å²) < 4.78 is 19.3. The van der Waals surface area contributed by atoms with Gasteiger partial charge in [0.25, 0.3) is 0 Å². The second-order valence-corrected chi connectivity index (χ2v) is 20.0. The second kappa shape index (κ2) is 17.3. The number of benzene rings is 3. The number of anilines is 1. The molecule has 1 aromatic heterocycles. The first kappa shape index (κ1) is 44.4. The number of imidazole rings is 1. The quantitative estimate of drug-likeness (QED) is 0.133. The van der Waals surface area contributed by atoms with E-state index < -0.39 is 40.7 Å². The Morgan fingerprint density at radius 2 is 1.62 bits per heavy atom. The third-order valence-corrected chi connectivity index (χ3v) is 16.1. The Labute approximate surface area is 391 Å². The van der Waals surface area contributed by atoms with E-state index in [9.17, 15) is 28.8 Å². The van der Waals surface area contributed by atoms with Gasteiger partial charge in [-0.05, 0) is 105 Å². The molecule has 2 aliphatic carbocycles. The summed E-state index contributed by atoms with van der Waals surface area (Å²) in [6.07, 6.45) is 8.31. The molecule has 6 aliphatic rings. The van der Waals surface area contributed by atoms with Crippen molar-refractivity contribution in [1.82, 2.24) is 30.0 Å². The number of fused-ring (bicyclic) bond motifs is 4. The van der Waals surface area contributed by atoms with Gasteiger partial charge in [0.2, 0.25) is 29.5 Å². The molecule has 5 amide bonds. The zero-order valence-corrected chi connectivity index (χ0v) is 38.2. The summed E-state index contributed by atoms with van der Waals surface area (Å²) in [5, 5.41) is 12.8. The molecule has 4 N–H and O–H groups in total. The van der Waals surface area contributed by atoms with Gasteiger partial charge in [-0.25, -0.2) is 9.18 Å². The number of imide groups is 1. The van der Waals surface area contributed by atoms with Crippen molar-refractivity contribution in [2.75, 3.05) is 18.4 Å². The van der Waals surface area contributed by atoms with Gasteiger partial charge in [0.05, 0.1) is 22.1 Å². The predicted octanol–water partition coefficient (Wildman–Crippen LogP) is 6.38. The van der Waals surface area contributed by atoms with Gasteiger partial charge in [-0.2, -0.15) is 0 Å². The molecule has 4 aliphatic heterocycles. The number of aryl methyl sites for hydroxylation is 1. The van der Waals surface area contributed by atoms with Gasteiger partial charge in [-0.1, -0.05) is 72.5 Å². The lowest BCUT2D eigenvalue weighted by molar-refractivity contribution is -0.138. The highest BCUT2D eigenvalue weighted by molar-refractivity contribution is 6.31. The molecule has 2 spiro atoms. The van der Waals surface area contributed by atoms with Crippen molar-refractivity contribution in [3.8, 4) is 11.8 Å². The lowest BCUT2D eigenvalue weighted by atomic mass is 9.55. The van der Waals surface area contributed by atoms with Crippen molar-refractivity contribution in [3.63, 3.8) is 0 Å². The van der Waals surface area contributed by atoms with E-state index in [0.29, 0.717) is 78.9 Å². The lowest BCUT2D eigenvalue weighted by Gasteiger charge is -2.47. The van der Waals surface area contributed by atoms with Crippen molar-refractivity contribution in [3.05, 3.63) is 97.6 Å². The van der Waals surface area contributed by atoms with E-state index in [4.69, 9.17) is 23.2 Å². The van der Waals surface area contributed by atoms with Crippen LogP contribution in [0.2, 0.25) is 10.0 Å². The van der Waals surface area contributed by atoms with Gasteiger partial charge in [0.15, 0.2) is 0 Å². The minimum Gasteiger partial charge on any atom is -0.352 e. The molecular formula is C50H52Cl2FN7O6. The Morgan fingerprint density at radius 1 is 0.864 bits per heavy atom. The molecule has 10 rings (SSSR count). The number of nitrogens with one attached hydrogen (secondary N) is 4. The number of likely N-dealkylation sites (tertiary alicyclic amines) is 1. The molecule has 4 aromatic rings. The summed E-state index contributed by atoms with van der Waals surface area (Å²) in [4.78, 5) is 82.7. The first-order valence-electron chi connectivity index (χ1n) is 23.3. The lowest BCUT2D eigenvalue weighted by Crippen LogP contribution is -2.60. The molecule has 0 radical (unpaired) electrons. The highest BCUT2D eigenvalue weighted by Crippen LogP contribution is 2.63. The summed E-state index contributed by atoms with van der Waals surface area (Å²) in [6.45, 7) is 1.19. The van der Waals surface area contributed by atoms with Gasteiger partial charge in [0.1, 0.15) is 17.3 Å². The number of rotatable bonds is 5. The average Bonchev–Trinajstić information content (AvgIpc) is 3.87. The van der Waals surface area contributed by atoms with Crippen LogP contribution in [0.5, 0.6) is 0 Å². The minimum absolute atomic E-state index is 0.0769. The Morgan fingerprint density at radius 3 is 2.36 bits per heavy atom. The van der Waals surface area contributed by atoms with Gasteiger partial charge in [0, 0.05) is 72.2 Å². The fourth-order valence-electron chi connectivity index (χ4n) is 12.4. The van der Waals surface area contributed by atoms with E-state index in [1.54, 1.807) is 37.4 Å². The Kier molecular flexibility index (Phi) is 11.6. The Hall–Kier alpha value is -5.49. The smallest absolute Gasteiger partial charge is 0.329 e. The van der Waals surface area contributed by atoms with Crippen molar-refractivity contribution >= 4 is 69.5 Å². The maximum atomic E-state index is 16.3. The molecule has 0 bridgehead atoms. The van der Waals surface area contributed by atoms with Crippen molar-refractivity contribution in [2.45, 2.75) is 118 Å². The largest absolute Gasteiger partial charge is 0.352 e. The SMILES string of the molecule is Cn1c(=O)n(C2CCC(=O)NC2=O)c2ccc(C#CC3CCN(C(=O)[C@H]4CC[C@H](NC(=O)[C@@H]5NC6(CCCCC6)[C@@]6(C(=O)Nc7cc(Cl)ccc76)[C@H]5c5cccc(Cl)c5F)CC4)CC3)cc21. The average molecular weight is 937 g/mol. The summed E-state index contributed by atoms with van der Waals surface area (Å²) in [7, 11) is 1.66. The van der Waals surface area contributed by atoms with Crippen LogP contribution in [-0.4, -0.2) is 74.3 Å². The number of amides is 5. The van der Waals surface area contributed by atoms with Crippen LogP contribution in [0.4, 0.5) is 10.1 Å². The Balaban J connectivity index is 0.791. The van der Waals surface area contributed by atoms with Crippen LogP contribution in [-0.2, 0) is 36.4 Å². The minimum atomic E-state index is -1.31. The van der Waals surface area contributed by atoms with Crippen LogP contribution in [0.15, 0.2) is 59.4 Å². The molecule has 344 valence electrons. The molecular weight excluding hydrogens is 884 g/mol. The maximum absolute atomic E-state index is 16.3. The highest BCUT2D eigenvalue weighted by Gasteiger charge is 2.72. The van der Waals surface area contributed by atoms with Crippen molar-refractivity contribution < 1.29 is 28.4 Å². The molecule has 16 heteroatoms. The molecule has 66 heavy (non-hydrogen) atoms. The van der Waals surface area contributed by atoms with Gasteiger partial charge in [-0.15, -0.1) is 0 Å². The summed E-state index contributed by atoms with van der Waals surface area (Å²) >= 11 is 12.8. The zero-order chi connectivity index (χ0) is 46.1.